The lowest BCUT2D eigenvalue weighted by atomic mass is 10.1. The first kappa shape index (κ1) is 13.4. The smallest absolute Gasteiger partial charge is 0.323 e. The summed E-state index contributed by atoms with van der Waals surface area (Å²) in [4.78, 5) is 11.3. The number of nitrogens with two attached hydrogens (primary N) is 1. The van der Waals surface area contributed by atoms with E-state index in [9.17, 15) is 4.79 Å². The standard InChI is InChI=1S/C11H23NO2/c1-5-6-9(4)7-14-11(13)10(12)8(2)3/h8-10H,5-7,12H2,1-4H3/t9?,10-/m0/s1. The van der Waals surface area contributed by atoms with Gasteiger partial charge in [-0.2, -0.15) is 0 Å². The zero-order valence-electron chi connectivity index (χ0n) is 9.75. The van der Waals surface area contributed by atoms with Gasteiger partial charge in [0.1, 0.15) is 6.04 Å². The van der Waals surface area contributed by atoms with Crippen molar-refractivity contribution < 1.29 is 9.53 Å². The first-order valence-electron chi connectivity index (χ1n) is 5.41. The van der Waals surface area contributed by atoms with Gasteiger partial charge in [-0.3, -0.25) is 4.79 Å². The maximum Gasteiger partial charge on any atom is 0.323 e. The van der Waals surface area contributed by atoms with Crippen molar-refractivity contribution in [1.29, 1.82) is 0 Å². The van der Waals surface area contributed by atoms with Crippen LogP contribution in [0.15, 0.2) is 0 Å². The van der Waals surface area contributed by atoms with E-state index in [2.05, 4.69) is 13.8 Å². The van der Waals surface area contributed by atoms with E-state index in [1.165, 1.54) is 0 Å². The Hall–Kier alpha value is -0.570. The molecule has 0 rings (SSSR count). The number of carbonyl (C=O) groups excluding carboxylic acids is 1. The van der Waals surface area contributed by atoms with E-state index in [0.717, 1.165) is 12.8 Å². The van der Waals surface area contributed by atoms with Crippen molar-refractivity contribution in [3.8, 4) is 0 Å². The Morgan fingerprint density at radius 1 is 1.36 bits per heavy atom. The molecule has 84 valence electrons. The van der Waals surface area contributed by atoms with Gasteiger partial charge in [0, 0.05) is 0 Å². The largest absolute Gasteiger partial charge is 0.464 e. The molecule has 0 amide bonds. The van der Waals surface area contributed by atoms with Crippen molar-refractivity contribution in [3.05, 3.63) is 0 Å². The molecule has 0 radical (unpaired) electrons. The van der Waals surface area contributed by atoms with E-state index in [4.69, 9.17) is 10.5 Å². The normalized spacial score (nSPS) is 15.3. The Morgan fingerprint density at radius 2 is 1.93 bits per heavy atom. The topological polar surface area (TPSA) is 52.3 Å². The van der Waals surface area contributed by atoms with E-state index in [-0.39, 0.29) is 11.9 Å². The molecule has 0 aliphatic carbocycles. The second-order valence-electron chi connectivity index (χ2n) is 4.29. The van der Waals surface area contributed by atoms with Crippen molar-refractivity contribution in [3.63, 3.8) is 0 Å². The number of rotatable bonds is 6. The monoisotopic (exact) mass is 201 g/mol. The summed E-state index contributed by atoms with van der Waals surface area (Å²) in [5.41, 5.74) is 5.65. The van der Waals surface area contributed by atoms with Crippen LogP contribution in [0.5, 0.6) is 0 Å². The molecule has 3 nitrogen and oxygen atoms in total. The highest BCUT2D eigenvalue weighted by Crippen LogP contribution is 2.07. The van der Waals surface area contributed by atoms with Gasteiger partial charge >= 0.3 is 5.97 Å². The minimum atomic E-state index is -0.483. The molecule has 1 unspecified atom stereocenters. The van der Waals surface area contributed by atoms with E-state index in [1.807, 2.05) is 13.8 Å². The number of ether oxygens (including phenoxy) is 1. The van der Waals surface area contributed by atoms with Gasteiger partial charge in [-0.1, -0.05) is 34.1 Å². The van der Waals surface area contributed by atoms with Crippen LogP contribution in [0.2, 0.25) is 0 Å². The lowest BCUT2D eigenvalue weighted by molar-refractivity contribution is -0.147. The summed E-state index contributed by atoms with van der Waals surface area (Å²) < 4.78 is 5.12. The minimum absolute atomic E-state index is 0.143. The van der Waals surface area contributed by atoms with E-state index < -0.39 is 6.04 Å². The molecule has 0 saturated carbocycles. The van der Waals surface area contributed by atoms with Crippen molar-refractivity contribution >= 4 is 5.97 Å². The molecule has 2 N–H and O–H groups in total. The summed E-state index contributed by atoms with van der Waals surface area (Å²) in [6, 6.07) is -0.483. The number of esters is 1. The molecular formula is C11H23NO2. The van der Waals surface area contributed by atoms with Crippen molar-refractivity contribution in [2.75, 3.05) is 6.61 Å². The zero-order valence-corrected chi connectivity index (χ0v) is 9.75. The van der Waals surface area contributed by atoms with E-state index in [1.54, 1.807) is 0 Å². The maximum atomic E-state index is 11.3. The van der Waals surface area contributed by atoms with Crippen LogP contribution in [0, 0.1) is 11.8 Å². The molecule has 0 aromatic rings. The lowest BCUT2D eigenvalue weighted by Gasteiger charge is -2.16. The number of hydrogen-bond acceptors (Lipinski definition) is 3. The van der Waals surface area contributed by atoms with Gasteiger partial charge in [-0.05, 0) is 18.3 Å². The molecule has 2 atom stereocenters. The average molecular weight is 201 g/mol. The lowest BCUT2D eigenvalue weighted by Crippen LogP contribution is -2.37. The van der Waals surface area contributed by atoms with Crippen LogP contribution in [-0.2, 0) is 9.53 Å². The molecule has 0 bridgehead atoms. The fourth-order valence-electron chi connectivity index (χ4n) is 1.17. The predicted octanol–water partition coefficient (Wildman–Crippen LogP) is 1.95. The summed E-state index contributed by atoms with van der Waals surface area (Å²) in [7, 11) is 0. The Bertz CT molecular complexity index is 169. The van der Waals surface area contributed by atoms with E-state index in [0.29, 0.717) is 12.5 Å². The Balaban J connectivity index is 3.73. The quantitative estimate of drug-likeness (QED) is 0.668. The van der Waals surface area contributed by atoms with Crippen molar-refractivity contribution in [2.24, 2.45) is 17.6 Å². The third-order valence-corrected chi connectivity index (χ3v) is 2.28. The van der Waals surface area contributed by atoms with Gasteiger partial charge in [0.25, 0.3) is 0 Å². The molecule has 3 heteroatoms. The van der Waals surface area contributed by atoms with E-state index >= 15 is 0 Å². The molecule has 0 aliphatic rings. The summed E-state index contributed by atoms with van der Waals surface area (Å²) in [6.07, 6.45) is 2.21. The highest BCUT2D eigenvalue weighted by molar-refractivity contribution is 5.75. The third kappa shape index (κ3) is 5.22. The van der Waals surface area contributed by atoms with Crippen LogP contribution in [0.4, 0.5) is 0 Å². The fraction of sp³-hybridized carbons (Fsp3) is 0.909. The SMILES string of the molecule is CCCC(C)COC(=O)[C@@H](N)C(C)C. The van der Waals surface area contributed by atoms with Crippen LogP contribution >= 0.6 is 0 Å². The van der Waals surface area contributed by atoms with Gasteiger partial charge in [0.15, 0.2) is 0 Å². The molecule has 0 spiro atoms. The average Bonchev–Trinajstić information content (AvgIpc) is 2.13. The maximum absolute atomic E-state index is 11.3. The second kappa shape index (κ2) is 6.82. The molecule has 0 aromatic heterocycles. The van der Waals surface area contributed by atoms with Gasteiger partial charge < -0.3 is 10.5 Å². The molecule has 0 aliphatic heterocycles. The molecule has 0 saturated heterocycles. The van der Waals surface area contributed by atoms with Gasteiger partial charge in [-0.25, -0.2) is 0 Å². The Morgan fingerprint density at radius 3 is 2.36 bits per heavy atom. The Kier molecular flexibility index (Phi) is 6.54. The zero-order chi connectivity index (χ0) is 11.1. The minimum Gasteiger partial charge on any atom is -0.464 e. The second-order valence-corrected chi connectivity index (χ2v) is 4.29. The van der Waals surface area contributed by atoms with Crippen LogP contribution in [0.25, 0.3) is 0 Å². The predicted molar refractivity (Wildman–Crippen MR) is 57.8 cm³/mol. The number of carbonyl (C=O) groups is 1. The van der Waals surface area contributed by atoms with Gasteiger partial charge in [-0.15, -0.1) is 0 Å². The molecule has 0 heterocycles. The van der Waals surface area contributed by atoms with Crippen LogP contribution < -0.4 is 5.73 Å². The van der Waals surface area contributed by atoms with Gasteiger partial charge in [0.2, 0.25) is 0 Å². The first-order chi connectivity index (χ1) is 6.49. The summed E-state index contributed by atoms with van der Waals surface area (Å²) in [5.74, 6) is 0.301. The molecular weight excluding hydrogens is 178 g/mol. The van der Waals surface area contributed by atoms with Crippen LogP contribution in [0.3, 0.4) is 0 Å². The van der Waals surface area contributed by atoms with Gasteiger partial charge in [0.05, 0.1) is 6.61 Å². The summed E-state index contributed by atoms with van der Waals surface area (Å²) in [5, 5.41) is 0. The highest BCUT2D eigenvalue weighted by Gasteiger charge is 2.19. The Labute approximate surface area is 87.0 Å². The molecule has 0 fully saturated rings. The van der Waals surface area contributed by atoms with Crippen LogP contribution in [0.1, 0.15) is 40.5 Å². The molecule has 14 heavy (non-hydrogen) atoms. The van der Waals surface area contributed by atoms with Crippen molar-refractivity contribution in [1.82, 2.24) is 0 Å². The summed E-state index contributed by atoms with van der Waals surface area (Å²) >= 11 is 0. The highest BCUT2D eigenvalue weighted by atomic mass is 16.5. The van der Waals surface area contributed by atoms with Crippen molar-refractivity contribution in [2.45, 2.75) is 46.6 Å². The van der Waals surface area contributed by atoms with Crippen LogP contribution in [-0.4, -0.2) is 18.6 Å². The fourth-order valence-corrected chi connectivity index (χ4v) is 1.17. The third-order valence-electron chi connectivity index (χ3n) is 2.28. The summed E-state index contributed by atoms with van der Waals surface area (Å²) in [6.45, 7) is 8.53. The number of hydrogen-bond donors (Lipinski definition) is 1. The first-order valence-corrected chi connectivity index (χ1v) is 5.41. The molecule has 0 aromatic carbocycles.